The number of hydrogen-bond acceptors (Lipinski definition) is 3. The molecule has 0 amide bonds. The molecule has 0 spiro atoms. The molecule has 5 heteroatoms. The lowest BCUT2D eigenvalue weighted by molar-refractivity contribution is -0.136. The third-order valence-corrected chi connectivity index (χ3v) is 1.62. The van der Waals surface area contributed by atoms with Crippen molar-refractivity contribution in [2.45, 2.75) is 13.0 Å². The van der Waals surface area contributed by atoms with Gasteiger partial charge in [-0.05, 0) is 0 Å². The number of hydrogen-bond donors (Lipinski definition) is 1. The summed E-state index contributed by atoms with van der Waals surface area (Å²) in [7, 11) is 3.34. The molecule has 0 aromatic carbocycles. The fourth-order valence-corrected chi connectivity index (χ4v) is 1.09. The molecule has 1 N–H and O–H groups in total. The molecule has 72 valence electrons. The molecular formula is C8H12N2O3. The van der Waals surface area contributed by atoms with Crippen molar-refractivity contribution < 1.29 is 14.6 Å². The number of aliphatic carboxylic acids is 1. The summed E-state index contributed by atoms with van der Waals surface area (Å²) < 4.78 is 6.57. The molecule has 0 saturated heterocycles. The summed E-state index contributed by atoms with van der Waals surface area (Å²) in [6.07, 6.45) is 1.71. The van der Waals surface area contributed by atoms with Crippen molar-refractivity contribution in [3.05, 3.63) is 17.7 Å². The van der Waals surface area contributed by atoms with Crippen molar-refractivity contribution in [3.63, 3.8) is 0 Å². The number of carboxylic acids is 1. The molecule has 0 unspecified atom stereocenters. The molecule has 1 heterocycles. The number of methoxy groups -OCH3 is 1. The Labute approximate surface area is 76.0 Å². The van der Waals surface area contributed by atoms with Gasteiger partial charge in [-0.3, -0.25) is 4.79 Å². The Hall–Kier alpha value is -1.36. The van der Waals surface area contributed by atoms with Crippen LogP contribution in [0.2, 0.25) is 0 Å². The Morgan fingerprint density at radius 3 is 3.00 bits per heavy atom. The quantitative estimate of drug-likeness (QED) is 0.725. The average Bonchev–Trinajstić information content (AvgIpc) is 2.31. The van der Waals surface area contributed by atoms with E-state index in [1.165, 1.54) is 0 Å². The predicted octanol–water partition coefficient (Wildman–Crippen LogP) is 0.194. The lowest BCUT2D eigenvalue weighted by Gasteiger charge is -1.94. The van der Waals surface area contributed by atoms with Crippen LogP contribution in [0.1, 0.15) is 11.5 Å². The molecular weight excluding hydrogens is 172 g/mol. The lowest BCUT2D eigenvalue weighted by Crippen LogP contribution is -2.05. The van der Waals surface area contributed by atoms with Crippen molar-refractivity contribution in [1.29, 1.82) is 0 Å². The molecule has 0 aliphatic heterocycles. The van der Waals surface area contributed by atoms with Crippen LogP contribution < -0.4 is 0 Å². The van der Waals surface area contributed by atoms with Crippen LogP contribution in [0.25, 0.3) is 0 Å². The molecule has 0 aliphatic rings. The minimum Gasteiger partial charge on any atom is -0.481 e. The van der Waals surface area contributed by atoms with E-state index >= 15 is 0 Å². The second-order valence-corrected chi connectivity index (χ2v) is 2.76. The van der Waals surface area contributed by atoms with Crippen LogP contribution in [0.15, 0.2) is 6.20 Å². The molecule has 0 saturated carbocycles. The third kappa shape index (κ3) is 2.55. The smallest absolute Gasteiger partial charge is 0.311 e. The highest BCUT2D eigenvalue weighted by molar-refractivity contribution is 5.69. The van der Waals surface area contributed by atoms with Gasteiger partial charge in [-0.15, -0.1) is 0 Å². The molecule has 0 fully saturated rings. The van der Waals surface area contributed by atoms with Crippen LogP contribution in [0.4, 0.5) is 0 Å². The first-order chi connectivity index (χ1) is 6.13. The van der Waals surface area contributed by atoms with Crippen LogP contribution in [0, 0.1) is 0 Å². The minimum absolute atomic E-state index is 0.0553. The van der Waals surface area contributed by atoms with Gasteiger partial charge in [0.05, 0.1) is 12.3 Å². The molecule has 13 heavy (non-hydrogen) atoms. The third-order valence-electron chi connectivity index (χ3n) is 1.62. The van der Waals surface area contributed by atoms with Crippen LogP contribution in [0.3, 0.4) is 0 Å². The zero-order valence-corrected chi connectivity index (χ0v) is 7.65. The fourth-order valence-electron chi connectivity index (χ4n) is 1.09. The van der Waals surface area contributed by atoms with Gasteiger partial charge in [0.25, 0.3) is 0 Å². The monoisotopic (exact) mass is 184 g/mol. The maximum absolute atomic E-state index is 10.4. The zero-order valence-electron chi connectivity index (χ0n) is 7.65. The standard InChI is InChI=1S/C8H12N2O3/c1-10-4-6(5-13-2)9-7(10)3-8(11)12/h4H,3,5H2,1-2H3,(H,11,12). The van der Waals surface area contributed by atoms with E-state index in [-0.39, 0.29) is 6.42 Å². The summed E-state index contributed by atoms with van der Waals surface area (Å²) in [5.41, 5.74) is 0.751. The molecule has 5 nitrogen and oxygen atoms in total. The van der Waals surface area contributed by atoms with Crippen LogP contribution in [-0.2, 0) is 29.6 Å². The van der Waals surface area contributed by atoms with Gasteiger partial charge < -0.3 is 14.4 Å². The summed E-state index contributed by atoms with van der Waals surface area (Å²) >= 11 is 0. The molecule has 0 radical (unpaired) electrons. The van der Waals surface area contributed by atoms with E-state index in [1.54, 1.807) is 24.9 Å². The number of carbonyl (C=O) groups is 1. The maximum Gasteiger partial charge on any atom is 0.311 e. The Kier molecular flexibility index (Phi) is 3.02. The summed E-state index contributed by atoms with van der Waals surface area (Å²) in [6, 6.07) is 0. The number of imidazole rings is 1. The summed E-state index contributed by atoms with van der Waals surface area (Å²) in [4.78, 5) is 14.5. The lowest BCUT2D eigenvalue weighted by atomic mass is 10.4. The number of aryl methyl sites for hydroxylation is 1. The van der Waals surface area contributed by atoms with Crippen LogP contribution in [-0.4, -0.2) is 27.7 Å². The first-order valence-electron chi connectivity index (χ1n) is 3.85. The van der Waals surface area contributed by atoms with Crippen molar-refractivity contribution in [2.24, 2.45) is 7.05 Å². The van der Waals surface area contributed by atoms with Gasteiger partial charge in [0.15, 0.2) is 0 Å². The normalized spacial score (nSPS) is 10.3. The highest BCUT2D eigenvalue weighted by Gasteiger charge is 2.08. The molecule has 0 bridgehead atoms. The van der Waals surface area contributed by atoms with Crippen molar-refractivity contribution in [3.8, 4) is 0 Å². The SMILES string of the molecule is COCc1cn(C)c(CC(=O)O)n1. The highest BCUT2D eigenvalue weighted by Crippen LogP contribution is 2.03. The van der Waals surface area contributed by atoms with E-state index in [0.29, 0.717) is 12.4 Å². The number of aromatic nitrogens is 2. The van der Waals surface area contributed by atoms with Crippen LogP contribution in [0.5, 0.6) is 0 Å². The van der Waals surface area contributed by atoms with E-state index in [2.05, 4.69) is 4.98 Å². The minimum atomic E-state index is -0.877. The summed E-state index contributed by atoms with van der Waals surface area (Å²) in [5.74, 6) is -0.336. The maximum atomic E-state index is 10.4. The van der Waals surface area contributed by atoms with E-state index in [1.807, 2.05) is 0 Å². The largest absolute Gasteiger partial charge is 0.481 e. The Balaban J connectivity index is 2.77. The van der Waals surface area contributed by atoms with Gasteiger partial charge in [0, 0.05) is 20.4 Å². The molecule has 1 rings (SSSR count). The zero-order chi connectivity index (χ0) is 9.84. The Morgan fingerprint density at radius 2 is 2.46 bits per heavy atom. The topological polar surface area (TPSA) is 64.3 Å². The van der Waals surface area contributed by atoms with Gasteiger partial charge in [-0.1, -0.05) is 0 Å². The average molecular weight is 184 g/mol. The van der Waals surface area contributed by atoms with Gasteiger partial charge in [0.2, 0.25) is 0 Å². The molecule has 1 aromatic rings. The second-order valence-electron chi connectivity index (χ2n) is 2.76. The number of rotatable bonds is 4. The fraction of sp³-hybridized carbons (Fsp3) is 0.500. The number of nitrogens with zero attached hydrogens (tertiary/aromatic N) is 2. The molecule has 0 aliphatic carbocycles. The number of ether oxygens (including phenoxy) is 1. The van der Waals surface area contributed by atoms with Gasteiger partial charge in [0.1, 0.15) is 12.2 Å². The number of carboxylic acid groups (broad SMARTS) is 1. The molecule has 0 atom stereocenters. The van der Waals surface area contributed by atoms with E-state index in [4.69, 9.17) is 9.84 Å². The van der Waals surface area contributed by atoms with E-state index in [0.717, 1.165) is 5.69 Å². The van der Waals surface area contributed by atoms with E-state index in [9.17, 15) is 4.79 Å². The highest BCUT2D eigenvalue weighted by atomic mass is 16.5. The van der Waals surface area contributed by atoms with Crippen LogP contribution >= 0.6 is 0 Å². The molecule has 1 aromatic heterocycles. The van der Waals surface area contributed by atoms with Crippen molar-refractivity contribution >= 4 is 5.97 Å². The first-order valence-corrected chi connectivity index (χ1v) is 3.85. The Morgan fingerprint density at radius 1 is 1.77 bits per heavy atom. The van der Waals surface area contributed by atoms with Gasteiger partial charge >= 0.3 is 5.97 Å². The van der Waals surface area contributed by atoms with Crippen molar-refractivity contribution in [2.75, 3.05) is 7.11 Å². The van der Waals surface area contributed by atoms with Crippen molar-refractivity contribution in [1.82, 2.24) is 9.55 Å². The Bertz CT molecular complexity index is 306. The van der Waals surface area contributed by atoms with Gasteiger partial charge in [-0.2, -0.15) is 0 Å². The van der Waals surface area contributed by atoms with E-state index < -0.39 is 5.97 Å². The summed E-state index contributed by atoms with van der Waals surface area (Å²) in [6.45, 7) is 0.410. The predicted molar refractivity (Wildman–Crippen MR) is 45.3 cm³/mol. The summed E-state index contributed by atoms with van der Waals surface area (Å²) in [5, 5.41) is 8.55. The first kappa shape index (κ1) is 9.73. The van der Waals surface area contributed by atoms with Gasteiger partial charge in [-0.25, -0.2) is 4.98 Å². The second kappa shape index (κ2) is 4.04.